The number of halogens is 2. The highest BCUT2D eigenvalue weighted by atomic mass is 32.2. The third kappa shape index (κ3) is 5.14. The predicted molar refractivity (Wildman–Crippen MR) is 68.4 cm³/mol. The summed E-state index contributed by atoms with van der Waals surface area (Å²) < 4.78 is 26.0. The van der Waals surface area contributed by atoms with Crippen LogP contribution < -0.4 is 5.32 Å². The lowest BCUT2D eigenvalue weighted by atomic mass is 10.2. The second-order valence-electron chi connectivity index (χ2n) is 3.83. The van der Waals surface area contributed by atoms with Crippen LogP contribution in [0.2, 0.25) is 0 Å². The van der Waals surface area contributed by atoms with Crippen molar-refractivity contribution in [3.05, 3.63) is 29.8 Å². The number of carboxylic acid groups (broad SMARTS) is 1. The molecule has 0 radical (unpaired) electrons. The van der Waals surface area contributed by atoms with Gasteiger partial charge in [0.05, 0.1) is 5.75 Å². The first-order chi connectivity index (χ1) is 9.43. The lowest BCUT2D eigenvalue weighted by Crippen LogP contribution is -2.42. The first kappa shape index (κ1) is 16.4. The Balaban J connectivity index is 2.52. The van der Waals surface area contributed by atoms with Crippen molar-refractivity contribution >= 4 is 23.6 Å². The Bertz CT molecular complexity index is 498. The van der Waals surface area contributed by atoms with E-state index in [0.717, 1.165) is 17.8 Å². The van der Waals surface area contributed by atoms with Gasteiger partial charge in [-0.2, -0.15) is 0 Å². The molecule has 0 saturated carbocycles. The smallest absolute Gasteiger partial charge is 0.326 e. The maximum atomic E-state index is 13.3. The molecule has 0 fully saturated rings. The summed E-state index contributed by atoms with van der Waals surface area (Å²) in [4.78, 5) is 22.4. The summed E-state index contributed by atoms with van der Waals surface area (Å²) in [6, 6.07) is 1.78. The summed E-state index contributed by atoms with van der Waals surface area (Å²) in [5.41, 5.74) is 0. The molecule has 1 rings (SSSR count). The maximum Gasteiger partial charge on any atom is 0.326 e. The molecule has 0 bridgehead atoms. The Morgan fingerprint density at radius 2 is 2.05 bits per heavy atom. The number of carboxylic acids is 1. The number of hydrogen-bond donors (Lipinski definition) is 3. The van der Waals surface area contributed by atoms with E-state index in [2.05, 4.69) is 5.32 Å². The minimum atomic E-state index is -1.26. The minimum absolute atomic E-state index is 0.0931. The SMILES string of the molecule is O=C(CSc1ccc(F)cc1F)N[C@@H](CCO)C(=O)O. The summed E-state index contributed by atoms with van der Waals surface area (Å²) in [5.74, 6) is -3.58. The predicted octanol–water partition coefficient (Wildman–Crippen LogP) is 1.01. The third-order valence-corrected chi connectivity index (χ3v) is 3.35. The van der Waals surface area contributed by atoms with E-state index < -0.39 is 29.6 Å². The van der Waals surface area contributed by atoms with Crippen LogP contribution in [0.25, 0.3) is 0 Å². The van der Waals surface area contributed by atoms with Crippen LogP contribution in [-0.2, 0) is 9.59 Å². The van der Waals surface area contributed by atoms with E-state index in [1.807, 2.05) is 0 Å². The molecule has 3 N–H and O–H groups in total. The zero-order chi connectivity index (χ0) is 15.1. The number of amides is 1. The molecule has 0 aromatic heterocycles. The van der Waals surface area contributed by atoms with Gasteiger partial charge < -0.3 is 15.5 Å². The molecule has 0 aliphatic carbocycles. The van der Waals surface area contributed by atoms with E-state index in [4.69, 9.17) is 10.2 Å². The Labute approximate surface area is 118 Å². The largest absolute Gasteiger partial charge is 0.480 e. The van der Waals surface area contributed by atoms with Gasteiger partial charge >= 0.3 is 5.97 Å². The first-order valence-electron chi connectivity index (χ1n) is 5.65. The summed E-state index contributed by atoms with van der Waals surface area (Å²) >= 11 is 0.827. The second-order valence-corrected chi connectivity index (χ2v) is 4.85. The topological polar surface area (TPSA) is 86.6 Å². The normalized spacial score (nSPS) is 11.9. The number of rotatable bonds is 7. The van der Waals surface area contributed by atoms with Crippen molar-refractivity contribution in [2.24, 2.45) is 0 Å². The molecule has 1 aromatic rings. The van der Waals surface area contributed by atoms with Gasteiger partial charge in [-0.25, -0.2) is 13.6 Å². The number of carbonyl (C=O) groups is 2. The van der Waals surface area contributed by atoms with Gasteiger partial charge in [0.2, 0.25) is 5.91 Å². The number of aliphatic hydroxyl groups is 1. The number of nitrogens with one attached hydrogen (secondary N) is 1. The Hall–Kier alpha value is -1.67. The molecule has 1 atom stereocenters. The van der Waals surface area contributed by atoms with Crippen molar-refractivity contribution in [3.63, 3.8) is 0 Å². The number of benzene rings is 1. The average molecular weight is 305 g/mol. The molecule has 8 heteroatoms. The van der Waals surface area contributed by atoms with Crippen LogP contribution in [0.5, 0.6) is 0 Å². The van der Waals surface area contributed by atoms with E-state index in [1.54, 1.807) is 0 Å². The van der Waals surface area contributed by atoms with Crippen LogP contribution in [-0.4, -0.2) is 40.5 Å². The minimum Gasteiger partial charge on any atom is -0.480 e. The fraction of sp³-hybridized carbons (Fsp3) is 0.333. The summed E-state index contributed by atoms with van der Waals surface area (Å²) in [6.07, 6.45) is -0.114. The molecular formula is C12H13F2NO4S. The fourth-order valence-electron chi connectivity index (χ4n) is 1.36. The highest BCUT2D eigenvalue weighted by molar-refractivity contribution is 8.00. The number of thioether (sulfide) groups is 1. The molecule has 0 saturated heterocycles. The van der Waals surface area contributed by atoms with E-state index >= 15 is 0 Å². The number of aliphatic hydroxyl groups excluding tert-OH is 1. The highest BCUT2D eigenvalue weighted by Gasteiger charge is 2.19. The quantitative estimate of drug-likeness (QED) is 0.655. The van der Waals surface area contributed by atoms with Gasteiger partial charge in [-0.3, -0.25) is 4.79 Å². The molecule has 5 nitrogen and oxygen atoms in total. The zero-order valence-electron chi connectivity index (χ0n) is 10.3. The summed E-state index contributed by atoms with van der Waals surface area (Å²) in [5, 5.41) is 19.6. The van der Waals surface area contributed by atoms with Crippen molar-refractivity contribution in [3.8, 4) is 0 Å². The van der Waals surface area contributed by atoms with Crippen molar-refractivity contribution in [1.82, 2.24) is 5.32 Å². The summed E-state index contributed by atoms with van der Waals surface area (Å²) in [7, 11) is 0. The number of hydrogen-bond acceptors (Lipinski definition) is 4. The molecular weight excluding hydrogens is 292 g/mol. The molecule has 20 heavy (non-hydrogen) atoms. The Kier molecular flexibility index (Phi) is 6.40. The van der Waals surface area contributed by atoms with Gasteiger partial charge in [-0.05, 0) is 12.1 Å². The van der Waals surface area contributed by atoms with Crippen LogP contribution in [0.4, 0.5) is 8.78 Å². The number of carbonyl (C=O) groups excluding carboxylic acids is 1. The molecule has 0 unspecified atom stereocenters. The van der Waals surface area contributed by atoms with E-state index in [0.29, 0.717) is 6.07 Å². The van der Waals surface area contributed by atoms with Gasteiger partial charge in [-0.1, -0.05) is 0 Å². The standard InChI is InChI=1S/C12H13F2NO4S/c13-7-1-2-10(8(14)5-7)20-6-11(17)15-9(3-4-16)12(18)19/h1-2,5,9,16H,3-4,6H2,(H,15,17)(H,18,19)/t9-/m0/s1. The molecule has 1 aromatic carbocycles. The average Bonchev–Trinajstić information content (AvgIpc) is 2.37. The molecule has 0 aliphatic rings. The summed E-state index contributed by atoms with van der Waals surface area (Å²) in [6.45, 7) is -0.378. The van der Waals surface area contributed by atoms with Crippen LogP contribution in [0.15, 0.2) is 23.1 Å². The van der Waals surface area contributed by atoms with Gasteiger partial charge in [0.15, 0.2) is 0 Å². The van der Waals surface area contributed by atoms with Crippen LogP contribution in [0, 0.1) is 11.6 Å². The van der Waals surface area contributed by atoms with Crippen molar-refractivity contribution < 1.29 is 28.6 Å². The third-order valence-electron chi connectivity index (χ3n) is 2.30. The van der Waals surface area contributed by atoms with E-state index in [9.17, 15) is 18.4 Å². The zero-order valence-corrected chi connectivity index (χ0v) is 11.1. The molecule has 110 valence electrons. The van der Waals surface area contributed by atoms with Crippen LogP contribution in [0.3, 0.4) is 0 Å². The maximum absolute atomic E-state index is 13.3. The lowest BCUT2D eigenvalue weighted by molar-refractivity contribution is -0.141. The first-order valence-corrected chi connectivity index (χ1v) is 6.63. The highest BCUT2D eigenvalue weighted by Crippen LogP contribution is 2.22. The van der Waals surface area contributed by atoms with Crippen molar-refractivity contribution in [2.45, 2.75) is 17.4 Å². The van der Waals surface area contributed by atoms with Crippen LogP contribution in [0.1, 0.15) is 6.42 Å². The van der Waals surface area contributed by atoms with Crippen molar-refractivity contribution in [2.75, 3.05) is 12.4 Å². The number of aliphatic carboxylic acids is 1. The van der Waals surface area contributed by atoms with Gasteiger partial charge in [0.25, 0.3) is 0 Å². The van der Waals surface area contributed by atoms with Crippen molar-refractivity contribution in [1.29, 1.82) is 0 Å². The lowest BCUT2D eigenvalue weighted by Gasteiger charge is -2.13. The van der Waals surface area contributed by atoms with E-state index in [-0.39, 0.29) is 23.7 Å². The van der Waals surface area contributed by atoms with Gasteiger partial charge in [-0.15, -0.1) is 11.8 Å². The molecule has 0 spiro atoms. The molecule has 0 heterocycles. The van der Waals surface area contributed by atoms with Gasteiger partial charge in [0.1, 0.15) is 17.7 Å². The van der Waals surface area contributed by atoms with Gasteiger partial charge in [0, 0.05) is 24.0 Å². The van der Waals surface area contributed by atoms with E-state index in [1.165, 1.54) is 6.07 Å². The molecule has 0 aliphatic heterocycles. The Morgan fingerprint density at radius 3 is 2.60 bits per heavy atom. The fourth-order valence-corrected chi connectivity index (χ4v) is 2.09. The monoisotopic (exact) mass is 305 g/mol. The Morgan fingerprint density at radius 1 is 1.35 bits per heavy atom. The second kappa shape index (κ2) is 7.81. The molecule has 1 amide bonds. The van der Waals surface area contributed by atoms with Crippen LogP contribution >= 0.6 is 11.8 Å².